The third kappa shape index (κ3) is 1.70. The van der Waals surface area contributed by atoms with Crippen LogP contribution in [0.3, 0.4) is 0 Å². The van der Waals surface area contributed by atoms with Crippen molar-refractivity contribution >= 4 is 0 Å². The Morgan fingerprint density at radius 3 is 2.57 bits per heavy atom. The largest absolute Gasteiger partial charge is 0.315 e. The van der Waals surface area contributed by atoms with Crippen molar-refractivity contribution < 1.29 is 0 Å². The molecule has 0 saturated carbocycles. The lowest BCUT2D eigenvalue weighted by atomic mass is 9.98. The minimum absolute atomic E-state index is 0.810. The highest BCUT2D eigenvalue weighted by Crippen LogP contribution is 2.31. The molecule has 0 spiro atoms. The van der Waals surface area contributed by atoms with Gasteiger partial charge in [-0.2, -0.15) is 0 Å². The molecular weight excluding hydrogens is 172 g/mol. The zero-order chi connectivity index (χ0) is 10.1. The van der Waals surface area contributed by atoms with Crippen molar-refractivity contribution in [2.45, 2.75) is 45.7 Å². The van der Waals surface area contributed by atoms with Crippen LogP contribution in [0.15, 0.2) is 0 Å². The second-order valence-corrected chi connectivity index (χ2v) is 5.18. The van der Waals surface area contributed by atoms with Crippen LogP contribution in [0.25, 0.3) is 0 Å². The molecule has 14 heavy (non-hydrogen) atoms. The van der Waals surface area contributed by atoms with Gasteiger partial charge < -0.3 is 5.32 Å². The normalized spacial score (nSPS) is 44.8. The molecule has 0 amide bonds. The molecule has 4 unspecified atom stereocenters. The molecule has 0 radical (unpaired) electrons. The standard InChI is InChI=1S/C12H24N2/c1-4-11-9(2)5-6-14(11)12-8-13-7-10(12)3/h9-13H,4-8H2,1-3H3. The van der Waals surface area contributed by atoms with E-state index in [4.69, 9.17) is 0 Å². The van der Waals surface area contributed by atoms with Gasteiger partial charge in [0.25, 0.3) is 0 Å². The number of nitrogens with one attached hydrogen (secondary N) is 1. The number of hydrogen-bond acceptors (Lipinski definition) is 2. The van der Waals surface area contributed by atoms with Crippen LogP contribution >= 0.6 is 0 Å². The van der Waals surface area contributed by atoms with Crippen molar-refractivity contribution in [1.82, 2.24) is 10.2 Å². The van der Waals surface area contributed by atoms with E-state index >= 15 is 0 Å². The highest BCUT2D eigenvalue weighted by atomic mass is 15.2. The van der Waals surface area contributed by atoms with Gasteiger partial charge in [0.15, 0.2) is 0 Å². The third-order valence-electron chi connectivity index (χ3n) is 4.25. The monoisotopic (exact) mass is 196 g/mol. The van der Waals surface area contributed by atoms with Gasteiger partial charge >= 0.3 is 0 Å². The van der Waals surface area contributed by atoms with Crippen LogP contribution < -0.4 is 5.32 Å². The van der Waals surface area contributed by atoms with Gasteiger partial charge in [-0.15, -0.1) is 0 Å². The first-order valence-electron chi connectivity index (χ1n) is 6.20. The molecule has 2 saturated heterocycles. The molecule has 0 aromatic carbocycles. The summed E-state index contributed by atoms with van der Waals surface area (Å²) in [5.74, 6) is 1.75. The number of likely N-dealkylation sites (tertiary alicyclic amines) is 1. The third-order valence-corrected chi connectivity index (χ3v) is 4.25. The lowest BCUT2D eigenvalue weighted by Gasteiger charge is -2.33. The van der Waals surface area contributed by atoms with Crippen molar-refractivity contribution in [1.29, 1.82) is 0 Å². The molecule has 2 heteroatoms. The van der Waals surface area contributed by atoms with E-state index in [1.54, 1.807) is 0 Å². The smallest absolute Gasteiger partial charge is 0.0261 e. The van der Waals surface area contributed by atoms with Crippen molar-refractivity contribution in [3.8, 4) is 0 Å². The van der Waals surface area contributed by atoms with Gasteiger partial charge in [0, 0.05) is 18.6 Å². The Hall–Kier alpha value is -0.0800. The lowest BCUT2D eigenvalue weighted by molar-refractivity contribution is 0.145. The Bertz CT molecular complexity index is 193. The summed E-state index contributed by atoms with van der Waals surface area (Å²) in [4.78, 5) is 2.77. The Morgan fingerprint density at radius 1 is 1.21 bits per heavy atom. The van der Waals surface area contributed by atoms with E-state index in [1.807, 2.05) is 0 Å². The predicted molar refractivity (Wildman–Crippen MR) is 60.4 cm³/mol. The highest BCUT2D eigenvalue weighted by Gasteiger charge is 2.38. The van der Waals surface area contributed by atoms with Crippen molar-refractivity contribution in [2.75, 3.05) is 19.6 Å². The Kier molecular flexibility index (Phi) is 3.13. The average molecular weight is 196 g/mol. The van der Waals surface area contributed by atoms with Crippen LogP contribution in [0.2, 0.25) is 0 Å². The number of nitrogens with zero attached hydrogens (tertiary/aromatic N) is 1. The maximum absolute atomic E-state index is 3.52. The highest BCUT2D eigenvalue weighted by molar-refractivity contribution is 4.94. The van der Waals surface area contributed by atoms with Crippen molar-refractivity contribution in [2.24, 2.45) is 11.8 Å². The quantitative estimate of drug-likeness (QED) is 0.723. The van der Waals surface area contributed by atoms with Crippen molar-refractivity contribution in [3.63, 3.8) is 0 Å². The summed E-state index contributed by atoms with van der Waals surface area (Å²) in [6.07, 6.45) is 2.73. The van der Waals surface area contributed by atoms with E-state index in [9.17, 15) is 0 Å². The van der Waals surface area contributed by atoms with Gasteiger partial charge in [-0.25, -0.2) is 0 Å². The minimum Gasteiger partial charge on any atom is -0.315 e. The molecule has 2 rings (SSSR count). The summed E-state index contributed by atoms with van der Waals surface area (Å²) in [5, 5.41) is 3.52. The fraction of sp³-hybridized carbons (Fsp3) is 1.00. The molecule has 2 aliphatic rings. The fourth-order valence-corrected chi connectivity index (χ4v) is 3.33. The van der Waals surface area contributed by atoms with Crippen LogP contribution in [-0.2, 0) is 0 Å². The first-order valence-corrected chi connectivity index (χ1v) is 6.20. The summed E-state index contributed by atoms with van der Waals surface area (Å²) < 4.78 is 0. The summed E-state index contributed by atoms with van der Waals surface area (Å²) in [7, 11) is 0. The SMILES string of the molecule is CCC1C(C)CCN1C1CNCC1C. The summed E-state index contributed by atoms with van der Waals surface area (Å²) >= 11 is 0. The Labute approximate surface area is 88.1 Å². The van der Waals surface area contributed by atoms with Crippen LogP contribution in [0, 0.1) is 11.8 Å². The molecular formula is C12H24N2. The number of hydrogen-bond donors (Lipinski definition) is 1. The van der Waals surface area contributed by atoms with Crippen LogP contribution in [0.4, 0.5) is 0 Å². The maximum atomic E-state index is 3.52. The van der Waals surface area contributed by atoms with Gasteiger partial charge in [-0.3, -0.25) is 4.90 Å². The number of rotatable bonds is 2. The molecule has 0 aromatic heterocycles. The van der Waals surface area contributed by atoms with Crippen LogP contribution in [-0.4, -0.2) is 36.6 Å². The first kappa shape index (κ1) is 10.4. The zero-order valence-electron chi connectivity index (χ0n) is 9.79. The van der Waals surface area contributed by atoms with Gasteiger partial charge in [0.1, 0.15) is 0 Å². The Morgan fingerprint density at radius 2 is 2.00 bits per heavy atom. The van der Waals surface area contributed by atoms with E-state index in [0.29, 0.717) is 0 Å². The van der Waals surface area contributed by atoms with Crippen molar-refractivity contribution in [3.05, 3.63) is 0 Å². The second-order valence-electron chi connectivity index (χ2n) is 5.18. The van der Waals surface area contributed by atoms with E-state index in [1.165, 1.54) is 32.5 Å². The molecule has 1 N–H and O–H groups in total. The molecule has 0 bridgehead atoms. The lowest BCUT2D eigenvalue weighted by Crippen LogP contribution is -2.44. The van der Waals surface area contributed by atoms with Crippen LogP contribution in [0.5, 0.6) is 0 Å². The average Bonchev–Trinajstić information content (AvgIpc) is 2.71. The van der Waals surface area contributed by atoms with E-state index < -0.39 is 0 Å². The molecule has 2 heterocycles. The van der Waals surface area contributed by atoms with E-state index in [0.717, 1.165) is 23.9 Å². The summed E-state index contributed by atoms with van der Waals surface area (Å²) in [6.45, 7) is 10.9. The van der Waals surface area contributed by atoms with Gasteiger partial charge in [0.05, 0.1) is 0 Å². The topological polar surface area (TPSA) is 15.3 Å². The molecule has 82 valence electrons. The maximum Gasteiger partial charge on any atom is 0.0261 e. The van der Waals surface area contributed by atoms with E-state index in [2.05, 4.69) is 31.0 Å². The summed E-state index contributed by atoms with van der Waals surface area (Å²) in [6, 6.07) is 1.66. The Balaban J connectivity index is 2.02. The second kappa shape index (κ2) is 4.19. The van der Waals surface area contributed by atoms with Gasteiger partial charge in [-0.05, 0) is 37.8 Å². The fourth-order valence-electron chi connectivity index (χ4n) is 3.33. The molecule has 2 nitrogen and oxygen atoms in total. The molecule has 0 aromatic rings. The van der Waals surface area contributed by atoms with Gasteiger partial charge in [-0.1, -0.05) is 20.8 Å². The molecule has 2 aliphatic heterocycles. The summed E-state index contributed by atoms with van der Waals surface area (Å²) in [5.41, 5.74) is 0. The predicted octanol–water partition coefficient (Wildman–Crippen LogP) is 1.71. The van der Waals surface area contributed by atoms with E-state index in [-0.39, 0.29) is 0 Å². The zero-order valence-corrected chi connectivity index (χ0v) is 9.79. The molecule has 2 fully saturated rings. The van der Waals surface area contributed by atoms with Gasteiger partial charge in [0.2, 0.25) is 0 Å². The van der Waals surface area contributed by atoms with Crippen LogP contribution in [0.1, 0.15) is 33.6 Å². The molecule has 4 atom stereocenters. The first-order chi connectivity index (χ1) is 6.74. The molecule has 0 aliphatic carbocycles. The minimum atomic E-state index is 0.810.